The Morgan fingerprint density at radius 1 is 1.18 bits per heavy atom. The molecule has 2 heterocycles. The monoisotopic (exact) mass is 333 g/mol. The lowest BCUT2D eigenvalue weighted by Crippen LogP contribution is -2.46. The van der Waals surface area contributed by atoms with Gasteiger partial charge in [0.25, 0.3) is 0 Å². The summed E-state index contributed by atoms with van der Waals surface area (Å²) in [5.74, 6) is 0.0918. The Balaban J connectivity index is 1.74. The fourth-order valence-electron chi connectivity index (χ4n) is 2.97. The van der Waals surface area contributed by atoms with Crippen LogP contribution < -0.4 is 0 Å². The van der Waals surface area contributed by atoms with Crippen molar-refractivity contribution in [2.24, 2.45) is 5.92 Å². The first-order chi connectivity index (χ1) is 10.4. The van der Waals surface area contributed by atoms with Crippen molar-refractivity contribution in [2.75, 3.05) is 65.8 Å². The van der Waals surface area contributed by atoms with E-state index in [0.29, 0.717) is 32.5 Å². The van der Waals surface area contributed by atoms with Crippen LogP contribution in [0.2, 0.25) is 0 Å². The molecule has 8 heteroatoms. The lowest BCUT2D eigenvalue weighted by Gasteiger charge is -2.33. The van der Waals surface area contributed by atoms with Crippen molar-refractivity contribution >= 4 is 15.9 Å². The van der Waals surface area contributed by atoms with E-state index >= 15 is 0 Å². The van der Waals surface area contributed by atoms with Gasteiger partial charge in [-0.15, -0.1) is 0 Å². The third-order valence-corrected chi connectivity index (χ3v) is 5.81. The molecule has 128 valence electrons. The van der Waals surface area contributed by atoms with Crippen LogP contribution in [0.25, 0.3) is 0 Å². The molecule has 0 radical (unpaired) electrons. The zero-order chi connectivity index (χ0) is 16.2. The molecule has 0 atom stereocenters. The largest absolute Gasteiger partial charge is 0.379 e. The van der Waals surface area contributed by atoms with Crippen LogP contribution in [-0.4, -0.2) is 94.2 Å². The van der Waals surface area contributed by atoms with Crippen molar-refractivity contribution in [3.05, 3.63) is 0 Å². The number of hydrogen-bond donors (Lipinski definition) is 0. The molecule has 0 spiro atoms. The SMILES string of the molecule is CN(CCN1CCOCC1)C(=O)C1CCN(S(C)(=O)=O)CC1. The molecule has 0 N–H and O–H groups in total. The summed E-state index contributed by atoms with van der Waals surface area (Å²) >= 11 is 0. The van der Waals surface area contributed by atoms with Gasteiger partial charge in [-0.2, -0.15) is 0 Å². The summed E-state index contributed by atoms with van der Waals surface area (Å²) in [6.07, 6.45) is 2.46. The standard InChI is InChI=1S/C14H27N3O4S/c1-15(7-8-16-9-11-21-12-10-16)14(18)13-3-5-17(6-4-13)22(2,19)20/h13H,3-12H2,1-2H3. The Bertz CT molecular complexity index is 468. The van der Waals surface area contributed by atoms with Crippen LogP contribution in [0, 0.1) is 5.92 Å². The fourth-order valence-corrected chi connectivity index (χ4v) is 3.85. The zero-order valence-corrected chi connectivity index (χ0v) is 14.3. The van der Waals surface area contributed by atoms with Gasteiger partial charge in [0.05, 0.1) is 19.5 Å². The average Bonchev–Trinajstić information content (AvgIpc) is 2.52. The van der Waals surface area contributed by atoms with Gasteiger partial charge < -0.3 is 9.64 Å². The van der Waals surface area contributed by atoms with Crippen molar-refractivity contribution in [3.63, 3.8) is 0 Å². The number of morpholine rings is 1. The highest BCUT2D eigenvalue weighted by Gasteiger charge is 2.30. The second kappa shape index (κ2) is 7.72. The molecule has 22 heavy (non-hydrogen) atoms. The molecule has 2 saturated heterocycles. The first kappa shape index (κ1) is 17.7. The van der Waals surface area contributed by atoms with E-state index in [4.69, 9.17) is 4.74 Å². The Morgan fingerprint density at radius 3 is 2.32 bits per heavy atom. The summed E-state index contributed by atoms with van der Waals surface area (Å²) in [6.45, 7) is 5.87. The van der Waals surface area contributed by atoms with Crippen LogP contribution >= 0.6 is 0 Å². The number of hydrogen-bond acceptors (Lipinski definition) is 5. The van der Waals surface area contributed by atoms with E-state index in [9.17, 15) is 13.2 Å². The number of amides is 1. The number of carbonyl (C=O) groups is 1. The average molecular weight is 333 g/mol. The molecule has 2 aliphatic heterocycles. The van der Waals surface area contributed by atoms with Crippen LogP contribution in [-0.2, 0) is 19.6 Å². The Kier molecular flexibility index (Phi) is 6.19. The van der Waals surface area contributed by atoms with Gasteiger partial charge in [-0.25, -0.2) is 12.7 Å². The maximum Gasteiger partial charge on any atom is 0.225 e. The number of piperidine rings is 1. The number of sulfonamides is 1. The normalized spacial score (nSPS) is 22.6. The first-order valence-corrected chi connectivity index (χ1v) is 9.73. The minimum atomic E-state index is -3.13. The zero-order valence-electron chi connectivity index (χ0n) is 13.5. The summed E-state index contributed by atoms with van der Waals surface area (Å²) in [5.41, 5.74) is 0. The molecule has 0 aromatic rings. The summed E-state index contributed by atoms with van der Waals surface area (Å²) < 4.78 is 29.8. The fraction of sp³-hybridized carbons (Fsp3) is 0.929. The van der Waals surface area contributed by atoms with Crippen molar-refractivity contribution < 1.29 is 17.9 Å². The van der Waals surface area contributed by atoms with E-state index in [1.54, 1.807) is 4.90 Å². The van der Waals surface area contributed by atoms with Gasteiger partial charge in [-0.1, -0.05) is 0 Å². The number of carbonyl (C=O) groups excluding carboxylic acids is 1. The highest BCUT2D eigenvalue weighted by atomic mass is 32.2. The second-order valence-corrected chi connectivity index (χ2v) is 8.13. The lowest BCUT2D eigenvalue weighted by atomic mass is 9.97. The molecule has 0 aromatic heterocycles. The first-order valence-electron chi connectivity index (χ1n) is 7.88. The van der Waals surface area contributed by atoms with E-state index in [-0.39, 0.29) is 11.8 Å². The molecule has 0 aromatic carbocycles. The molecule has 0 bridgehead atoms. The van der Waals surface area contributed by atoms with Gasteiger partial charge in [-0.05, 0) is 12.8 Å². The third kappa shape index (κ3) is 4.91. The molecule has 2 fully saturated rings. The number of nitrogens with zero attached hydrogens (tertiary/aromatic N) is 3. The Hall–Kier alpha value is -0.700. The van der Waals surface area contributed by atoms with Gasteiger partial charge in [0.1, 0.15) is 0 Å². The van der Waals surface area contributed by atoms with Crippen molar-refractivity contribution in [2.45, 2.75) is 12.8 Å². The van der Waals surface area contributed by atoms with E-state index in [1.165, 1.54) is 10.6 Å². The highest BCUT2D eigenvalue weighted by molar-refractivity contribution is 7.88. The quantitative estimate of drug-likeness (QED) is 0.675. The van der Waals surface area contributed by atoms with Gasteiger partial charge in [-0.3, -0.25) is 9.69 Å². The van der Waals surface area contributed by atoms with Gasteiger partial charge >= 0.3 is 0 Å². The maximum absolute atomic E-state index is 12.4. The summed E-state index contributed by atoms with van der Waals surface area (Å²) in [7, 11) is -1.29. The van der Waals surface area contributed by atoms with Crippen molar-refractivity contribution in [1.29, 1.82) is 0 Å². The maximum atomic E-state index is 12.4. The van der Waals surface area contributed by atoms with E-state index in [1.807, 2.05) is 7.05 Å². The van der Waals surface area contributed by atoms with Crippen LogP contribution in [0.1, 0.15) is 12.8 Å². The number of likely N-dealkylation sites (N-methyl/N-ethyl adjacent to an activating group) is 1. The van der Waals surface area contributed by atoms with Crippen LogP contribution in [0.4, 0.5) is 0 Å². The van der Waals surface area contributed by atoms with E-state index in [0.717, 1.165) is 32.8 Å². The third-order valence-electron chi connectivity index (χ3n) is 4.50. The summed E-state index contributed by atoms with van der Waals surface area (Å²) in [5, 5.41) is 0. The summed E-state index contributed by atoms with van der Waals surface area (Å²) in [6, 6.07) is 0. The molecule has 7 nitrogen and oxygen atoms in total. The predicted molar refractivity (Wildman–Crippen MR) is 84.0 cm³/mol. The Labute approximate surface area is 133 Å². The van der Waals surface area contributed by atoms with Crippen LogP contribution in [0.3, 0.4) is 0 Å². The van der Waals surface area contributed by atoms with Gasteiger partial charge in [0.2, 0.25) is 15.9 Å². The minimum absolute atomic E-state index is 0.0484. The Morgan fingerprint density at radius 2 is 1.77 bits per heavy atom. The van der Waals surface area contributed by atoms with Crippen molar-refractivity contribution in [1.82, 2.24) is 14.1 Å². The smallest absolute Gasteiger partial charge is 0.225 e. The molecule has 1 amide bonds. The minimum Gasteiger partial charge on any atom is -0.379 e. The molecule has 2 aliphatic rings. The van der Waals surface area contributed by atoms with Gasteiger partial charge in [0, 0.05) is 52.2 Å². The van der Waals surface area contributed by atoms with Crippen LogP contribution in [0.15, 0.2) is 0 Å². The summed E-state index contributed by atoms with van der Waals surface area (Å²) in [4.78, 5) is 16.5. The molecular weight excluding hydrogens is 306 g/mol. The molecular formula is C14H27N3O4S. The predicted octanol–water partition coefficient (Wildman–Crippen LogP) is -0.551. The lowest BCUT2D eigenvalue weighted by molar-refractivity contribution is -0.135. The van der Waals surface area contributed by atoms with E-state index in [2.05, 4.69) is 4.90 Å². The highest BCUT2D eigenvalue weighted by Crippen LogP contribution is 2.20. The molecule has 0 unspecified atom stereocenters. The topological polar surface area (TPSA) is 70.2 Å². The number of rotatable bonds is 5. The van der Waals surface area contributed by atoms with Crippen molar-refractivity contribution in [3.8, 4) is 0 Å². The second-order valence-electron chi connectivity index (χ2n) is 6.15. The number of ether oxygens (including phenoxy) is 1. The molecule has 0 aliphatic carbocycles. The van der Waals surface area contributed by atoms with Crippen LogP contribution in [0.5, 0.6) is 0 Å². The molecule has 2 rings (SSSR count). The van der Waals surface area contributed by atoms with Gasteiger partial charge in [0.15, 0.2) is 0 Å². The van der Waals surface area contributed by atoms with E-state index < -0.39 is 10.0 Å². The molecule has 0 saturated carbocycles.